The highest BCUT2D eigenvalue weighted by molar-refractivity contribution is 5.68. The monoisotopic (exact) mass is 448 g/mol. The highest BCUT2D eigenvalue weighted by Gasteiger charge is 2.22. The molecule has 2 aromatic rings. The van der Waals surface area contributed by atoms with E-state index in [1.165, 1.54) is 73.6 Å². The molecule has 33 heavy (non-hydrogen) atoms. The Morgan fingerprint density at radius 1 is 0.848 bits per heavy atom. The molecular formula is C32H48O. The zero-order chi connectivity index (χ0) is 23.7. The summed E-state index contributed by atoms with van der Waals surface area (Å²) in [5.74, 6) is 1.75. The molecule has 1 aliphatic rings. The molecule has 0 unspecified atom stereocenters. The number of hydrogen-bond acceptors (Lipinski definition) is 1. The Bertz CT molecular complexity index is 819. The van der Waals surface area contributed by atoms with Crippen molar-refractivity contribution in [1.82, 2.24) is 0 Å². The minimum atomic E-state index is -0.0431. The second-order valence-electron chi connectivity index (χ2n) is 11.2. The van der Waals surface area contributed by atoms with E-state index >= 15 is 0 Å². The number of rotatable bonds is 11. The van der Waals surface area contributed by atoms with E-state index in [4.69, 9.17) is 4.74 Å². The van der Waals surface area contributed by atoms with Crippen LogP contribution >= 0.6 is 0 Å². The van der Waals surface area contributed by atoms with Crippen molar-refractivity contribution >= 4 is 0 Å². The molecular weight excluding hydrogens is 400 g/mol. The molecule has 0 aromatic heterocycles. The molecule has 1 fully saturated rings. The van der Waals surface area contributed by atoms with Gasteiger partial charge in [-0.05, 0) is 105 Å². The van der Waals surface area contributed by atoms with Crippen LogP contribution in [-0.4, -0.2) is 12.2 Å². The van der Waals surface area contributed by atoms with Crippen LogP contribution in [0.1, 0.15) is 115 Å². The Labute approximate surface area is 204 Å². The largest absolute Gasteiger partial charge is 0.376 e. The van der Waals surface area contributed by atoms with Gasteiger partial charge in [-0.1, -0.05) is 82.0 Å². The minimum absolute atomic E-state index is 0.0431. The molecule has 2 aromatic carbocycles. The van der Waals surface area contributed by atoms with Crippen LogP contribution in [0.3, 0.4) is 0 Å². The summed E-state index contributed by atoms with van der Waals surface area (Å²) >= 11 is 0. The van der Waals surface area contributed by atoms with Crippen molar-refractivity contribution in [3.8, 4) is 11.1 Å². The average molecular weight is 449 g/mol. The summed E-state index contributed by atoms with van der Waals surface area (Å²) < 4.78 is 5.89. The van der Waals surface area contributed by atoms with Gasteiger partial charge in [-0.25, -0.2) is 0 Å². The van der Waals surface area contributed by atoms with Gasteiger partial charge in [-0.15, -0.1) is 0 Å². The van der Waals surface area contributed by atoms with Crippen molar-refractivity contribution < 1.29 is 4.74 Å². The van der Waals surface area contributed by atoms with Crippen LogP contribution in [0.15, 0.2) is 42.5 Å². The standard InChI is InChI=1S/C32H48O/c1-6-8-9-11-25-13-16-28(17-14-25)29-18-20-30(21-19-29)31-22-15-26(24-27(31)7-2)12-10-23-33-32(3,4)5/h15,18-22,24-25,28H,6-14,16-17,23H2,1-5H3. The molecule has 0 heterocycles. The van der Waals surface area contributed by atoms with Gasteiger partial charge in [-0.2, -0.15) is 0 Å². The third-order valence-electron chi connectivity index (χ3n) is 7.45. The molecule has 1 saturated carbocycles. The molecule has 182 valence electrons. The first-order valence-corrected chi connectivity index (χ1v) is 13.8. The van der Waals surface area contributed by atoms with Gasteiger partial charge in [0.2, 0.25) is 0 Å². The van der Waals surface area contributed by atoms with Crippen molar-refractivity contribution in [3.63, 3.8) is 0 Å². The van der Waals surface area contributed by atoms with Gasteiger partial charge in [0.25, 0.3) is 0 Å². The molecule has 1 nitrogen and oxygen atoms in total. The predicted molar refractivity (Wildman–Crippen MR) is 144 cm³/mol. The maximum absolute atomic E-state index is 5.89. The van der Waals surface area contributed by atoms with Gasteiger partial charge < -0.3 is 4.74 Å². The fourth-order valence-electron chi connectivity index (χ4n) is 5.43. The van der Waals surface area contributed by atoms with E-state index in [2.05, 4.69) is 77.1 Å². The lowest BCUT2D eigenvalue weighted by molar-refractivity contribution is -0.00384. The Hall–Kier alpha value is -1.60. The summed E-state index contributed by atoms with van der Waals surface area (Å²) in [5.41, 5.74) is 7.17. The molecule has 0 radical (unpaired) electrons. The lowest BCUT2D eigenvalue weighted by atomic mass is 9.77. The highest BCUT2D eigenvalue weighted by Crippen LogP contribution is 2.38. The van der Waals surface area contributed by atoms with Crippen LogP contribution in [0, 0.1) is 5.92 Å². The van der Waals surface area contributed by atoms with Crippen molar-refractivity contribution in [2.45, 2.75) is 117 Å². The second-order valence-corrected chi connectivity index (χ2v) is 11.2. The summed E-state index contributed by atoms with van der Waals surface area (Å²) in [5, 5.41) is 0. The molecule has 0 N–H and O–H groups in total. The van der Waals surface area contributed by atoms with E-state index in [-0.39, 0.29) is 5.60 Å². The molecule has 0 amide bonds. The first kappa shape index (κ1) is 26.0. The van der Waals surface area contributed by atoms with Crippen molar-refractivity contribution in [2.24, 2.45) is 5.92 Å². The predicted octanol–water partition coefficient (Wildman–Crippen LogP) is 9.52. The molecule has 0 bridgehead atoms. The zero-order valence-corrected chi connectivity index (χ0v) is 22.1. The van der Waals surface area contributed by atoms with Gasteiger partial charge in [0.15, 0.2) is 0 Å². The molecule has 0 saturated heterocycles. The summed E-state index contributed by atoms with van der Waals surface area (Å²) in [6.07, 6.45) is 14.5. The average Bonchev–Trinajstić information content (AvgIpc) is 2.82. The van der Waals surface area contributed by atoms with E-state index < -0.39 is 0 Å². The van der Waals surface area contributed by atoms with Gasteiger partial charge in [0, 0.05) is 6.61 Å². The molecule has 3 rings (SSSR count). The quantitative estimate of drug-likeness (QED) is 0.311. The molecule has 0 atom stereocenters. The Balaban J connectivity index is 1.56. The van der Waals surface area contributed by atoms with Crippen molar-refractivity contribution in [2.75, 3.05) is 6.61 Å². The Morgan fingerprint density at radius 2 is 1.58 bits per heavy atom. The third kappa shape index (κ3) is 8.29. The maximum Gasteiger partial charge on any atom is 0.0598 e. The lowest BCUT2D eigenvalue weighted by Gasteiger charge is -2.29. The summed E-state index contributed by atoms with van der Waals surface area (Å²) in [6.45, 7) is 11.8. The Morgan fingerprint density at radius 3 is 2.21 bits per heavy atom. The number of hydrogen-bond donors (Lipinski definition) is 0. The van der Waals surface area contributed by atoms with Crippen LogP contribution in [0.4, 0.5) is 0 Å². The topological polar surface area (TPSA) is 9.23 Å². The molecule has 1 aliphatic carbocycles. The fraction of sp³-hybridized carbons (Fsp3) is 0.625. The van der Waals surface area contributed by atoms with Crippen molar-refractivity contribution in [3.05, 3.63) is 59.2 Å². The number of ether oxygens (including phenoxy) is 1. The number of unbranched alkanes of at least 4 members (excludes halogenated alkanes) is 2. The van der Waals surface area contributed by atoms with Crippen LogP contribution in [-0.2, 0) is 17.6 Å². The highest BCUT2D eigenvalue weighted by atomic mass is 16.5. The Kier molecular flexibility index (Phi) is 10.0. The van der Waals surface area contributed by atoms with Crippen LogP contribution in [0.2, 0.25) is 0 Å². The van der Waals surface area contributed by atoms with E-state index in [9.17, 15) is 0 Å². The van der Waals surface area contributed by atoms with Gasteiger partial charge in [-0.3, -0.25) is 0 Å². The molecule has 1 heteroatoms. The number of aryl methyl sites for hydroxylation is 2. The zero-order valence-electron chi connectivity index (χ0n) is 22.1. The smallest absolute Gasteiger partial charge is 0.0598 e. The first-order valence-electron chi connectivity index (χ1n) is 13.8. The van der Waals surface area contributed by atoms with Gasteiger partial charge in [0.1, 0.15) is 0 Å². The molecule has 0 spiro atoms. The van der Waals surface area contributed by atoms with E-state index in [1.54, 1.807) is 5.56 Å². The second kappa shape index (κ2) is 12.7. The van der Waals surface area contributed by atoms with Gasteiger partial charge >= 0.3 is 0 Å². The summed E-state index contributed by atoms with van der Waals surface area (Å²) in [7, 11) is 0. The minimum Gasteiger partial charge on any atom is -0.376 e. The van der Waals surface area contributed by atoms with E-state index in [1.807, 2.05) is 0 Å². The summed E-state index contributed by atoms with van der Waals surface area (Å²) in [4.78, 5) is 0. The lowest BCUT2D eigenvalue weighted by Crippen LogP contribution is -2.19. The van der Waals surface area contributed by atoms with Crippen molar-refractivity contribution in [1.29, 1.82) is 0 Å². The van der Waals surface area contributed by atoms with E-state index in [0.29, 0.717) is 0 Å². The number of benzene rings is 2. The first-order chi connectivity index (χ1) is 15.9. The van der Waals surface area contributed by atoms with Gasteiger partial charge in [0.05, 0.1) is 5.60 Å². The maximum atomic E-state index is 5.89. The SMILES string of the molecule is CCCCCC1CCC(c2ccc(-c3ccc(CCCOC(C)(C)C)cc3CC)cc2)CC1. The van der Waals surface area contributed by atoms with Crippen LogP contribution < -0.4 is 0 Å². The normalized spacial score (nSPS) is 19.1. The van der Waals surface area contributed by atoms with E-state index in [0.717, 1.165) is 37.7 Å². The fourth-order valence-corrected chi connectivity index (χ4v) is 5.43. The third-order valence-corrected chi connectivity index (χ3v) is 7.45. The van der Waals surface area contributed by atoms with Crippen LogP contribution in [0.5, 0.6) is 0 Å². The molecule has 0 aliphatic heterocycles. The van der Waals surface area contributed by atoms with Crippen LogP contribution in [0.25, 0.3) is 11.1 Å². The summed E-state index contributed by atoms with van der Waals surface area (Å²) in [6, 6.07) is 16.6.